The summed E-state index contributed by atoms with van der Waals surface area (Å²) in [5.74, 6) is 0.533. The van der Waals surface area contributed by atoms with Gasteiger partial charge in [-0.1, -0.05) is 37.0 Å². The number of nitrogens with zero attached hydrogens (tertiary/aromatic N) is 1. The smallest absolute Gasteiger partial charge is 0.247 e. The van der Waals surface area contributed by atoms with Gasteiger partial charge in [0.25, 0.3) is 0 Å². The fraction of sp³-hybridized carbons (Fsp3) is 0.615. The van der Waals surface area contributed by atoms with Crippen LogP contribution in [0, 0.1) is 0 Å². The van der Waals surface area contributed by atoms with E-state index in [0.29, 0.717) is 23.6 Å². The van der Waals surface area contributed by atoms with Crippen molar-refractivity contribution in [1.82, 2.24) is 10.2 Å². The summed E-state index contributed by atoms with van der Waals surface area (Å²) in [5, 5.41) is 3.22. The molecule has 6 nitrogen and oxygen atoms in total. The molecule has 3 rings (SSSR count). The zero-order valence-corrected chi connectivity index (χ0v) is 20.7. The van der Waals surface area contributed by atoms with Crippen LogP contribution in [-0.4, -0.2) is 49.4 Å². The topological polar surface area (TPSA) is 67.9 Å². The summed E-state index contributed by atoms with van der Waals surface area (Å²) in [6, 6.07) is 4.77. The predicted octanol–water partition coefficient (Wildman–Crippen LogP) is 5.15. The number of alkyl halides is 1. The van der Waals surface area contributed by atoms with Crippen LogP contribution in [0.3, 0.4) is 0 Å². The molecule has 33 heavy (non-hydrogen) atoms. The van der Waals surface area contributed by atoms with Gasteiger partial charge in [-0.05, 0) is 62.6 Å². The number of benzene rings is 1. The molecular formula is C26H37ClN2O4. The van der Waals surface area contributed by atoms with Crippen LogP contribution in [0.1, 0.15) is 75.8 Å². The Kier molecular flexibility index (Phi) is 9.92. The van der Waals surface area contributed by atoms with Crippen molar-refractivity contribution in [3.05, 3.63) is 35.4 Å². The third-order valence-electron chi connectivity index (χ3n) is 6.73. The molecular weight excluding hydrogens is 440 g/mol. The van der Waals surface area contributed by atoms with Crippen LogP contribution >= 0.6 is 11.6 Å². The van der Waals surface area contributed by atoms with E-state index in [1.165, 1.54) is 24.8 Å². The molecule has 1 aromatic rings. The van der Waals surface area contributed by atoms with Gasteiger partial charge in [0.15, 0.2) is 11.5 Å². The molecule has 1 atom stereocenters. The van der Waals surface area contributed by atoms with Gasteiger partial charge in [-0.2, -0.15) is 0 Å². The number of hydrogen-bond acceptors (Lipinski definition) is 4. The largest absolute Gasteiger partial charge is 0.493 e. The molecule has 7 heteroatoms. The predicted molar refractivity (Wildman–Crippen MR) is 131 cm³/mol. The Balaban J connectivity index is 1.91. The molecule has 1 saturated carbocycles. The van der Waals surface area contributed by atoms with E-state index in [1.54, 1.807) is 31.3 Å². The number of hydrogen-bond donors (Lipinski definition) is 1. The maximum Gasteiger partial charge on any atom is 0.247 e. The molecule has 0 radical (unpaired) electrons. The maximum atomic E-state index is 13.6. The van der Waals surface area contributed by atoms with E-state index >= 15 is 0 Å². The van der Waals surface area contributed by atoms with Crippen molar-refractivity contribution in [2.24, 2.45) is 0 Å². The van der Waals surface area contributed by atoms with Crippen LogP contribution in [0.5, 0.6) is 11.5 Å². The number of carbonyl (C=O) groups is 2. The van der Waals surface area contributed by atoms with Gasteiger partial charge < -0.3 is 19.7 Å². The molecule has 1 N–H and O–H groups in total. The highest BCUT2D eigenvalue weighted by Crippen LogP contribution is 2.33. The average molecular weight is 477 g/mol. The van der Waals surface area contributed by atoms with Crippen LogP contribution in [-0.2, 0) is 9.59 Å². The highest BCUT2D eigenvalue weighted by Gasteiger charge is 2.33. The van der Waals surface area contributed by atoms with Gasteiger partial charge >= 0.3 is 0 Å². The third kappa shape index (κ3) is 6.89. The van der Waals surface area contributed by atoms with E-state index in [1.807, 2.05) is 6.07 Å². The standard InChI is InChI=1S/C26H37ClN2O4/c1-32-22-14-13-20(17-23(22)33-2)25(26(31)28-21-11-7-4-8-12-21)29(24(30)18-27)16-15-19-9-5-3-6-10-19/h9,13-14,17,21,25H,3-8,10-12,15-16,18H2,1-2H3,(H,28,31)/t25-/m0/s1. The first-order valence-corrected chi connectivity index (χ1v) is 12.7. The molecule has 0 unspecified atom stereocenters. The summed E-state index contributed by atoms with van der Waals surface area (Å²) >= 11 is 6.02. The van der Waals surface area contributed by atoms with Crippen molar-refractivity contribution in [2.75, 3.05) is 26.6 Å². The minimum atomic E-state index is -0.776. The molecule has 0 heterocycles. The SMILES string of the molecule is COc1ccc([C@@H](C(=O)NC2CCCCC2)N(CCC2=CCCCC2)C(=O)CCl)cc1OC. The number of ether oxygens (including phenoxy) is 2. The molecule has 0 aromatic heterocycles. The lowest BCUT2D eigenvalue weighted by molar-refractivity contribution is -0.139. The van der Waals surface area contributed by atoms with Crippen molar-refractivity contribution in [1.29, 1.82) is 0 Å². The quantitative estimate of drug-likeness (QED) is 0.374. The summed E-state index contributed by atoms with van der Waals surface area (Å²) < 4.78 is 10.9. The second-order valence-corrected chi connectivity index (χ2v) is 9.21. The number of amides is 2. The molecule has 0 saturated heterocycles. The number of nitrogens with one attached hydrogen (secondary N) is 1. The van der Waals surface area contributed by atoms with Crippen LogP contribution < -0.4 is 14.8 Å². The minimum absolute atomic E-state index is 0.142. The number of allylic oxidation sites excluding steroid dienone is 1. The molecule has 1 aromatic carbocycles. The fourth-order valence-corrected chi connectivity index (χ4v) is 5.05. The number of methoxy groups -OCH3 is 2. The minimum Gasteiger partial charge on any atom is -0.493 e. The number of rotatable bonds is 10. The zero-order chi connectivity index (χ0) is 23.6. The monoisotopic (exact) mass is 476 g/mol. The van der Waals surface area contributed by atoms with Gasteiger partial charge in [0.2, 0.25) is 11.8 Å². The van der Waals surface area contributed by atoms with Crippen LogP contribution in [0.4, 0.5) is 0 Å². The Morgan fingerprint density at radius 2 is 1.85 bits per heavy atom. The van der Waals surface area contributed by atoms with Crippen molar-refractivity contribution < 1.29 is 19.1 Å². The van der Waals surface area contributed by atoms with E-state index in [-0.39, 0.29) is 23.7 Å². The van der Waals surface area contributed by atoms with Crippen LogP contribution in [0.2, 0.25) is 0 Å². The maximum absolute atomic E-state index is 13.6. The molecule has 0 spiro atoms. The molecule has 2 aliphatic carbocycles. The summed E-state index contributed by atoms with van der Waals surface area (Å²) in [4.78, 5) is 28.3. The Hall–Kier alpha value is -2.21. The first-order valence-electron chi connectivity index (χ1n) is 12.1. The van der Waals surface area contributed by atoms with Crippen molar-refractivity contribution in [3.63, 3.8) is 0 Å². The van der Waals surface area contributed by atoms with E-state index < -0.39 is 6.04 Å². The first kappa shape index (κ1) is 25.4. The molecule has 0 bridgehead atoms. The molecule has 182 valence electrons. The lowest BCUT2D eigenvalue weighted by Gasteiger charge is -2.33. The fourth-order valence-electron chi connectivity index (χ4n) is 4.89. The summed E-state index contributed by atoms with van der Waals surface area (Å²) in [5.41, 5.74) is 2.05. The molecule has 0 aliphatic heterocycles. The van der Waals surface area contributed by atoms with Crippen LogP contribution in [0.25, 0.3) is 0 Å². The highest BCUT2D eigenvalue weighted by atomic mass is 35.5. The van der Waals surface area contributed by atoms with Crippen molar-refractivity contribution in [3.8, 4) is 11.5 Å². The average Bonchev–Trinajstić information content (AvgIpc) is 2.86. The summed E-state index contributed by atoms with van der Waals surface area (Å²) in [6.07, 6.45) is 12.9. The lowest BCUT2D eigenvalue weighted by atomic mass is 9.94. The Bertz CT molecular complexity index is 836. The Morgan fingerprint density at radius 1 is 1.09 bits per heavy atom. The lowest BCUT2D eigenvalue weighted by Crippen LogP contribution is -2.47. The van der Waals surface area contributed by atoms with Crippen LogP contribution in [0.15, 0.2) is 29.8 Å². The molecule has 1 fully saturated rings. The Morgan fingerprint density at radius 3 is 2.48 bits per heavy atom. The van der Waals surface area contributed by atoms with Gasteiger partial charge in [-0.3, -0.25) is 9.59 Å². The van der Waals surface area contributed by atoms with E-state index in [0.717, 1.165) is 44.9 Å². The van der Waals surface area contributed by atoms with Gasteiger partial charge in [0.1, 0.15) is 11.9 Å². The van der Waals surface area contributed by atoms with E-state index in [9.17, 15) is 9.59 Å². The highest BCUT2D eigenvalue weighted by molar-refractivity contribution is 6.27. The Labute approximate surface area is 202 Å². The second kappa shape index (κ2) is 12.9. The third-order valence-corrected chi connectivity index (χ3v) is 6.96. The zero-order valence-electron chi connectivity index (χ0n) is 19.9. The van der Waals surface area contributed by atoms with E-state index in [4.69, 9.17) is 21.1 Å². The molecule has 2 amide bonds. The van der Waals surface area contributed by atoms with Crippen molar-refractivity contribution >= 4 is 23.4 Å². The normalized spacial score (nSPS) is 17.6. The first-order chi connectivity index (χ1) is 16.1. The second-order valence-electron chi connectivity index (χ2n) is 8.94. The van der Waals surface area contributed by atoms with Gasteiger partial charge in [-0.25, -0.2) is 0 Å². The summed E-state index contributed by atoms with van der Waals surface area (Å²) in [7, 11) is 3.14. The van der Waals surface area contributed by atoms with E-state index in [2.05, 4.69) is 11.4 Å². The van der Waals surface area contributed by atoms with Gasteiger partial charge in [0.05, 0.1) is 14.2 Å². The number of carbonyl (C=O) groups excluding carboxylic acids is 2. The number of halogens is 1. The van der Waals surface area contributed by atoms with Gasteiger partial charge in [-0.15, -0.1) is 11.6 Å². The summed E-state index contributed by atoms with van der Waals surface area (Å²) in [6.45, 7) is 0.453. The van der Waals surface area contributed by atoms with Gasteiger partial charge in [0, 0.05) is 12.6 Å². The molecule has 2 aliphatic rings. The van der Waals surface area contributed by atoms with Crippen molar-refractivity contribution in [2.45, 2.75) is 76.3 Å².